The van der Waals surface area contributed by atoms with Crippen molar-refractivity contribution in [2.45, 2.75) is 25.6 Å². The van der Waals surface area contributed by atoms with Crippen LogP contribution < -0.4 is 0 Å². The first kappa shape index (κ1) is 20.1. The predicted molar refractivity (Wildman–Crippen MR) is 93.3 cm³/mol. The van der Waals surface area contributed by atoms with E-state index in [1.807, 2.05) is 6.92 Å². The summed E-state index contributed by atoms with van der Waals surface area (Å²) < 4.78 is 48.8. The molecule has 1 amide bonds. The molecular weight excluding hydrogens is 377 g/mol. The average molecular weight is 398 g/mol. The minimum Gasteiger partial charge on any atom is -0.453 e. The molecular formula is C18H21F3N4O3. The minimum absolute atomic E-state index is 0.110. The van der Waals surface area contributed by atoms with E-state index in [0.717, 1.165) is 25.1 Å². The third-order valence-corrected chi connectivity index (χ3v) is 4.76. The van der Waals surface area contributed by atoms with Gasteiger partial charge in [0.25, 0.3) is 0 Å². The fraction of sp³-hybridized carbons (Fsp3) is 0.500. The zero-order valence-electron chi connectivity index (χ0n) is 15.6. The summed E-state index contributed by atoms with van der Waals surface area (Å²) in [5.74, 6) is 0.429. The van der Waals surface area contributed by atoms with Crippen LogP contribution in [0.1, 0.15) is 30.8 Å². The first-order chi connectivity index (χ1) is 13.3. The molecule has 1 unspecified atom stereocenters. The quantitative estimate of drug-likeness (QED) is 0.787. The van der Waals surface area contributed by atoms with Crippen molar-refractivity contribution in [2.75, 3.05) is 33.3 Å². The van der Waals surface area contributed by atoms with E-state index < -0.39 is 11.7 Å². The molecule has 3 rings (SSSR count). The molecule has 1 aliphatic heterocycles. The van der Waals surface area contributed by atoms with Gasteiger partial charge >= 0.3 is 12.3 Å². The van der Waals surface area contributed by atoms with E-state index >= 15 is 0 Å². The molecule has 0 aliphatic carbocycles. The minimum atomic E-state index is -4.44. The summed E-state index contributed by atoms with van der Waals surface area (Å²) in [6.45, 7) is 4.30. The van der Waals surface area contributed by atoms with Crippen LogP contribution in [-0.4, -0.2) is 59.3 Å². The van der Waals surface area contributed by atoms with Crippen molar-refractivity contribution >= 4 is 6.09 Å². The summed E-state index contributed by atoms with van der Waals surface area (Å²) in [6.07, 6.45) is -4.04. The van der Waals surface area contributed by atoms with E-state index in [0.29, 0.717) is 25.5 Å². The summed E-state index contributed by atoms with van der Waals surface area (Å²) in [7, 11) is 1.35. The van der Waals surface area contributed by atoms with Gasteiger partial charge in [0.2, 0.25) is 11.7 Å². The first-order valence-corrected chi connectivity index (χ1v) is 8.88. The number of ether oxygens (including phenoxy) is 1. The van der Waals surface area contributed by atoms with Crippen LogP contribution in [0, 0.1) is 0 Å². The van der Waals surface area contributed by atoms with Crippen molar-refractivity contribution in [3.8, 4) is 11.4 Å². The number of benzene rings is 1. The van der Waals surface area contributed by atoms with Crippen molar-refractivity contribution in [3.05, 3.63) is 35.7 Å². The van der Waals surface area contributed by atoms with Crippen LogP contribution in [0.2, 0.25) is 0 Å². The summed E-state index contributed by atoms with van der Waals surface area (Å²) >= 11 is 0. The molecule has 10 heteroatoms. The SMILES string of the molecule is COC(=O)N1CCCN(C(C)c2nc(-c3cccc(C(F)(F)F)c3)no2)CC1. The number of hydrogen-bond donors (Lipinski definition) is 0. The molecule has 2 aromatic rings. The van der Waals surface area contributed by atoms with Crippen LogP contribution in [0.15, 0.2) is 28.8 Å². The Morgan fingerprint density at radius 3 is 2.75 bits per heavy atom. The van der Waals surface area contributed by atoms with E-state index in [2.05, 4.69) is 15.0 Å². The number of carbonyl (C=O) groups excluding carboxylic acids is 1. The summed E-state index contributed by atoms with van der Waals surface area (Å²) in [6, 6.07) is 4.59. The molecule has 0 spiro atoms. The van der Waals surface area contributed by atoms with Crippen molar-refractivity contribution in [1.82, 2.24) is 19.9 Å². The number of halogens is 3. The Labute approximate surface area is 160 Å². The van der Waals surface area contributed by atoms with E-state index in [9.17, 15) is 18.0 Å². The monoisotopic (exact) mass is 398 g/mol. The molecule has 0 bridgehead atoms. The standard InChI is InChI=1S/C18H21F3N4O3/c1-12(24-7-4-8-25(10-9-24)17(26)27-2)16-22-15(23-28-16)13-5-3-6-14(11-13)18(19,20)21/h3,5-6,11-12H,4,7-10H2,1-2H3. The lowest BCUT2D eigenvalue weighted by molar-refractivity contribution is -0.137. The highest BCUT2D eigenvalue weighted by Crippen LogP contribution is 2.32. The lowest BCUT2D eigenvalue weighted by Crippen LogP contribution is -2.35. The molecule has 1 fully saturated rings. The summed E-state index contributed by atoms with van der Waals surface area (Å²) in [5, 5.41) is 3.84. The topological polar surface area (TPSA) is 71.7 Å². The fourth-order valence-corrected chi connectivity index (χ4v) is 3.15. The van der Waals surface area contributed by atoms with Crippen LogP contribution >= 0.6 is 0 Å². The number of amides is 1. The third kappa shape index (κ3) is 4.44. The Morgan fingerprint density at radius 2 is 2.04 bits per heavy atom. The maximum atomic E-state index is 12.9. The molecule has 152 valence electrons. The van der Waals surface area contributed by atoms with Gasteiger partial charge in [-0.2, -0.15) is 18.2 Å². The van der Waals surface area contributed by atoms with E-state index in [1.165, 1.54) is 19.2 Å². The number of methoxy groups -OCH3 is 1. The van der Waals surface area contributed by atoms with Crippen molar-refractivity contribution in [3.63, 3.8) is 0 Å². The highest BCUT2D eigenvalue weighted by molar-refractivity contribution is 5.67. The number of rotatable bonds is 3. The maximum absolute atomic E-state index is 12.9. The van der Waals surface area contributed by atoms with Crippen molar-refractivity contribution < 1.29 is 27.2 Å². The van der Waals surface area contributed by atoms with Gasteiger partial charge in [0.05, 0.1) is 18.7 Å². The lowest BCUT2D eigenvalue weighted by Gasteiger charge is -2.24. The Balaban J connectivity index is 1.72. The number of hydrogen-bond acceptors (Lipinski definition) is 6. The highest BCUT2D eigenvalue weighted by atomic mass is 19.4. The number of nitrogens with zero attached hydrogens (tertiary/aromatic N) is 4. The molecule has 0 saturated carbocycles. The largest absolute Gasteiger partial charge is 0.453 e. The van der Waals surface area contributed by atoms with E-state index in [4.69, 9.17) is 9.26 Å². The number of aromatic nitrogens is 2. The van der Waals surface area contributed by atoms with E-state index in [-0.39, 0.29) is 23.5 Å². The van der Waals surface area contributed by atoms with Gasteiger partial charge in [-0.05, 0) is 25.5 Å². The molecule has 0 N–H and O–H groups in total. The van der Waals surface area contributed by atoms with Crippen LogP contribution in [0.5, 0.6) is 0 Å². The number of carbonyl (C=O) groups is 1. The molecule has 28 heavy (non-hydrogen) atoms. The molecule has 7 nitrogen and oxygen atoms in total. The van der Waals surface area contributed by atoms with Gasteiger partial charge in [-0.1, -0.05) is 17.3 Å². The molecule has 1 aromatic heterocycles. The van der Waals surface area contributed by atoms with Gasteiger partial charge in [0.15, 0.2) is 0 Å². The molecule has 2 heterocycles. The van der Waals surface area contributed by atoms with Crippen LogP contribution in [0.4, 0.5) is 18.0 Å². The summed E-state index contributed by atoms with van der Waals surface area (Å²) in [4.78, 5) is 19.7. The molecule has 0 radical (unpaired) electrons. The Bertz CT molecular complexity index is 824. The van der Waals surface area contributed by atoms with Gasteiger partial charge in [-0.15, -0.1) is 0 Å². The first-order valence-electron chi connectivity index (χ1n) is 8.88. The van der Waals surface area contributed by atoms with Crippen molar-refractivity contribution in [2.24, 2.45) is 0 Å². The van der Waals surface area contributed by atoms with E-state index in [1.54, 1.807) is 4.90 Å². The van der Waals surface area contributed by atoms with Crippen molar-refractivity contribution in [1.29, 1.82) is 0 Å². The maximum Gasteiger partial charge on any atom is 0.416 e. The second-order valence-corrected chi connectivity index (χ2v) is 6.56. The van der Waals surface area contributed by atoms with Crippen LogP contribution in [0.25, 0.3) is 11.4 Å². The Hall–Kier alpha value is -2.62. The van der Waals surface area contributed by atoms with Crippen LogP contribution in [0.3, 0.4) is 0 Å². The molecule has 1 aliphatic rings. The van der Waals surface area contributed by atoms with Gasteiger partial charge < -0.3 is 14.2 Å². The zero-order valence-corrected chi connectivity index (χ0v) is 15.6. The lowest BCUT2D eigenvalue weighted by atomic mass is 10.1. The predicted octanol–water partition coefficient (Wildman–Crippen LogP) is 3.59. The normalized spacial score (nSPS) is 17.2. The second-order valence-electron chi connectivity index (χ2n) is 6.56. The molecule has 1 atom stereocenters. The van der Waals surface area contributed by atoms with Gasteiger partial charge in [-0.25, -0.2) is 4.79 Å². The van der Waals surface area contributed by atoms with Gasteiger partial charge in [0, 0.05) is 31.7 Å². The van der Waals surface area contributed by atoms with Gasteiger partial charge in [0.1, 0.15) is 0 Å². The Morgan fingerprint density at radius 1 is 1.25 bits per heavy atom. The highest BCUT2D eigenvalue weighted by Gasteiger charge is 2.31. The fourth-order valence-electron chi connectivity index (χ4n) is 3.15. The Kier molecular flexibility index (Phi) is 5.87. The zero-order chi connectivity index (χ0) is 20.3. The number of alkyl halides is 3. The third-order valence-electron chi connectivity index (χ3n) is 4.76. The smallest absolute Gasteiger partial charge is 0.416 e. The second kappa shape index (κ2) is 8.17. The van der Waals surface area contributed by atoms with Crippen LogP contribution in [-0.2, 0) is 10.9 Å². The molecule has 1 saturated heterocycles. The molecule has 1 aromatic carbocycles. The summed E-state index contributed by atoms with van der Waals surface area (Å²) in [5.41, 5.74) is -0.524. The average Bonchev–Trinajstić information content (AvgIpc) is 3.04. The van der Waals surface area contributed by atoms with Gasteiger partial charge in [-0.3, -0.25) is 4.90 Å².